The fraction of sp³-hybridized carbons (Fsp3) is 0.0323. The molecule has 9 heteroatoms. The molecule has 0 saturated heterocycles. The van der Waals surface area contributed by atoms with Crippen molar-refractivity contribution in [2.24, 2.45) is 0 Å². The normalized spacial score (nSPS) is 10.9. The van der Waals surface area contributed by atoms with Gasteiger partial charge in [-0.2, -0.15) is 0 Å². The van der Waals surface area contributed by atoms with Crippen molar-refractivity contribution in [2.75, 3.05) is 17.7 Å². The largest absolute Gasteiger partial charge is 0.438 e. The summed E-state index contributed by atoms with van der Waals surface area (Å²) < 4.78 is 7.04. The molecule has 3 aromatic carbocycles. The number of benzene rings is 3. The van der Waals surface area contributed by atoms with Gasteiger partial charge in [-0.1, -0.05) is 48.0 Å². The number of hydrogen-bond donors (Lipinski definition) is 2. The highest BCUT2D eigenvalue weighted by molar-refractivity contribution is 14.1. The van der Waals surface area contributed by atoms with Crippen LogP contribution in [0.25, 0.3) is 33.2 Å². The third-order valence-corrected chi connectivity index (χ3v) is 7.25. The highest BCUT2D eigenvalue weighted by atomic mass is 127. The van der Waals surface area contributed by atoms with Gasteiger partial charge < -0.3 is 15.4 Å². The fourth-order valence-corrected chi connectivity index (χ4v) is 5.43. The molecule has 6 rings (SSSR count). The SMILES string of the molecule is CNc1nccc(-c2cccnc2Oc2ccc(Nc3nc(I)c(-c4cccc(Cl)c4)c4ccccc34)cc2)n1. The number of nitrogens with one attached hydrogen (secondary N) is 2. The molecule has 0 unspecified atom stereocenters. The second kappa shape index (κ2) is 11.4. The minimum atomic E-state index is 0.461. The van der Waals surface area contributed by atoms with Crippen molar-refractivity contribution >= 4 is 62.4 Å². The molecule has 6 aromatic rings. The van der Waals surface area contributed by atoms with Crippen LogP contribution in [0.2, 0.25) is 5.02 Å². The monoisotopic (exact) mass is 656 g/mol. The number of aromatic nitrogens is 4. The van der Waals surface area contributed by atoms with Crippen molar-refractivity contribution in [3.05, 3.63) is 112 Å². The van der Waals surface area contributed by atoms with E-state index in [1.165, 1.54) is 0 Å². The van der Waals surface area contributed by atoms with E-state index in [4.69, 9.17) is 21.3 Å². The van der Waals surface area contributed by atoms with E-state index in [0.717, 1.165) is 48.4 Å². The van der Waals surface area contributed by atoms with Crippen LogP contribution in [0.4, 0.5) is 17.5 Å². The summed E-state index contributed by atoms with van der Waals surface area (Å²) in [6.07, 6.45) is 3.40. The van der Waals surface area contributed by atoms with Gasteiger partial charge in [-0.15, -0.1) is 0 Å². The lowest BCUT2D eigenvalue weighted by Crippen LogP contribution is -2.00. The summed E-state index contributed by atoms with van der Waals surface area (Å²) in [5, 5.41) is 9.25. The van der Waals surface area contributed by atoms with Gasteiger partial charge in [-0.05, 0) is 88.1 Å². The number of anilines is 3. The van der Waals surface area contributed by atoms with Gasteiger partial charge in [0.25, 0.3) is 0 Å². The first-order valence-corrected chi connectivity index (χ1v) is 13.9. The molecule has 0 spiro atoms. The summed E-state index contributed by atoms with van der Waals surface area (Å²) in [7, 11) is 1.78. The van der Waals surface area contributed by atoms with E-state index in [1.807, 2.05) is 72.8 Å². The molecular formula is C31H22ClIN6O. The van der Waals surface area contributed by atoms with E-state index in [9.17, 15) is 0 Å². The topological polar surface area (TPSA) is 84.9 Å². The first kappa shape index (κ1) is 26.0. The summed E-state index contributed by atoms with van der Waals surface area (Å²) >= 11 is 8.58. The Morgan fingerprint density at radius 2 is 1.62 bits per heavy atom. The lowest BCUT2D eigenvalue weighted by molar-refractivity contribution is 0.465. The Hall–Kier alpha value is -4.28. The molecule has 0 aliphatic rings. The predicted octanol–water partition coefficient (Wildman–Crippen LogP) is 8.59. The van der Waals surface area contributed by atoms with Crippen molar-refractivity contribution in [3.63, 3.8) is 0 Å². The van der Waals surface area contributed by atoms with Crippen LogP contribution in [-0.4, -0.2) is 27.0 Å². The first-order chi connectivity index (χ1) is 19.6. The Labute approximate surface area is 249 Å². The standard InChI is InChI=1S/C31H22ClIN6O/c1-34-31-36-17-15-26(38-31)25-10-5-16-35-30(25)40-22-13-11-21(12-14-22)37-29-24-9-3-2-8-23(24)27(28(33)39-29)19-6-4-7-20(32)18-19/h2-18H,1H3,(H,37,39)(H,34,36,38). The maximum Gasteiger partial charge on any atom is 0.228 e. The van der Waals surface area contributed by atoms with Gasteiger partial charge in [0.05, 0.1) is 11.3 Å². The molecule has 7 nitrogen and oxygen atoms in total. The van der Waals surface area contributed by atoms with Gasteiger partial charge in [0, 0.05) is 41.1 Å². The third kappa shape index (κ3) is 5.41. The van der Waals surface area contributed by atoms with Crippen LogP contribution in [0.5, 0.6) is 11.6 Å². The van der Waals surface area contributed by atoms with Gasteiger partial charge in [0.1, 0.15) is 15.3 Å². The van der Waals surface area contributed by atoms with E-state index >= 15 is 0 Å². The van der Waals surface area contributed by atoms with Gasteiger partial charge in [-0.25, -0.2) is 19.9 Å². The number of rotatable bonds is 7. The summed E-state index contributed by atoms with van der Waals surface area (Å²) in [4.78, 5) is 18.1. The Kier molecular flexibility index (Phi) is 7.43. The second-order valence-electron chi connectivity index (χ2n) is 8.81. The highest BCUT2D eigenvalue weighted by Crippen LogP contribution is 2.37. The molecule has 40 heavy (non-hydrogen) atoms. The summed E-state index contributed by atoms with van der Waals surface area (Å²) in [5.74, 6) is 2.41. The van der Waals surface area contributed by atoms with Gasteiger partial charge in [-0.3, -0.25) is 0 Å². The van der Waals surface area contributed by atoms with Crippen molar-refractivity contribution in [1.29, 1.82) is 0 Å². The van der Waals surface area contributed by atoms with Crippen LogP contribution < -0.4 is 15.4 Å². The van der Waals surface area contributed by atoms with E-state index in [0.29, 0.717) is 22.6 Å². The zero-order valence-corrected chi connectivity index (χ0v) is 24.2. The molecule has 3 heterocycles. The van der Waals surface area contributed by atoms with E-state index < -0.39 is 0 Å². The van der Waals surface area contributed by atoms with E-state index in [-0.39, 0.29) is 0 Å². The minimum Gasteiger partial charge on any atom is -0.438 e. The average Bonchev–Trinajstić information content (AvgIpc) is 2.98. The number of nitrogens with zero attached hydrogens (tertiary/aromatic N) is 4. The number of ether oxygens (including phenoxy) is 1. The van der Waals surface area contributed by atoms with Crippen LogP contribution in [0.1, 0.15) is 0 Å². The zero-order chi connectivity index (χ0) is 27.5. The molecule has 2 N–H and O–H groups in total. The predicted molar refractivity (Wildman–Crippen MR) is 170 cm³/mol. The summed E-state index contributed by atoms with van der Waals surface area (Å²) in [6, 6.07) is 29.4. The first-order valence-electron chi connectivity index (χ1n) is 12.4. The van der Waals surface area contributed by atoms with Crippen molar-refractivity contribution in [2.45, 2.75) is 0 Å². The van der Waals surface area contributed by atoms with Crippen LogP contribution in [0, 0.1) is 3.70 Å². The highest BCUT2D eigenvalue weighted by Gasteiger charge is 2.15. The molecule has 0 amide bonds. The van der Waals surface area contributed by atoms with Gasteiger partial charge in [0.2, 0.25) is 11.8 Å². The van der Waals surface area contributed by atoms with Crippen LogP contribution in [0.15, 0.2) is 103 Å². The number of pyridine rings is 2. The molecule has 0 aliphatic carbocycles. The molecule has 3 aromatic heterocycles. The maximum atomic E-state index is 6.30. The van der Waals surface area contributed by atoms with Crippen LogP contribution in [0.3, 0.4) is 0 Å². The van der Waals surface area contributed by atoms with Crippen molar-refractivity contribution in [3.8, 4) is 34.0 Å². The molecule has 0 saturated carbocycles. The Morgan fingerprint density at radius 1 is 0.800 bits per heavy atom. The van der Waals surface area contributed by atoms with Crippen LogP contribution >= 0.6 is 34.2 Å². The van der Waals surface area contributed by atoms with Gasteiger partial charge in [0.15, 0.2) is 0 Å². The minimum absolute atomic E-state index is 0.461. The Morgan fingerprint density at radius 3 is 2.42 bits per heavy atom. The lowest BCUT2D eigenvalue weighted by Gasteiger charge is -2.15. The summed E-state index contributed by atoms with van der Waals surface area (Å²) in [5.41, 5.74) is 4.46. The number of halogens is 2. The van der Waals surface area contributed by atoms with E-state index in [1.54, 1.807) is 19.4 Å². The quantitative estimate of drug-likeness (QED) is 0.132. The average molecular weight is 657 g/mol. The number of hydrogen-bond acceptors (Lipinski definition) is 7. The third-order valence-electron chi connectivity index (χ3n) is 6.24. The van der Waals surface area contributed by atoms with Crippen molar-refractivity contribution < 1.29 is 4.74 Å². The zero-order valence-electron chi connectivity index (χ0n) is 21.3. The molecule has 0 aliphatic heterocycles. The molecule has 0 radical (unpaired) electrons. The smallest absolute Gasteiger partial charge is 0.228 e. The fourth-order valence-electron chi connectivity index (χ4n) is 4.40. The second-order valence-corrected chi connectivity index (χ2v) is 10.3. The molecule has 0 fully saturated rings. The van der Waals surface area contributed by atoms with Gasteiger partial charge >= 0.3 is 0 Å². The van der Waals surface area contributed by atoms with E-state index in [2.05, 4.69) is 66.4 Å². The van der Waals surface area contributed by atoms with Crippen LogP contribution in [-0.2, 0) is 0 Å². The van der Waals surface area contributed by atoms with Crippen molar-refractivity contribution in [1.82, 2.24) is 19.9 Å². The number of fused-ring (bicyclic) bond motifs is 1. The molecule has 196 valence electrons. The maximum absolute atomic E-state index is 6.30. The Bertz CT molecular complexity index is 1830. The molecule has 0 atom stereocenters. The summed E-state index contributed by atoms with van der Waals surface area (Å²) in [6.45, 7) is 0. The lowest BCUT2D eigenvalue weighted by atomic mass is 10.0. The Balaban J connectivity index is 1.28. The molecule has 0 bridgehead atoms. The molecular weight excluding hydrogens is 635 g/mol.